The third-order valence-corrected chi connectivity index (χ3v) is 7.80. The van der Waals surface area contributed by atoms with Crippen LogP contribution in [-0.2, 0) is 24.3 Å². The van der Waals surface area contributed by atoms with Crippen LogP contribution in [-0.4, -0.2) is 119 Å². The number of aromatic nitrogens is 2. The maximum atomic E-state index is 12.3. The van der Waals surface area contributed by atoms with E-state index < -0.39 is 34.3 Å². The Morgan fingerprint density at radius 2 is 1.50 bits per heavy atom. The van der Waals surface area contributed by atoms with Gasteiger partial charge in [-0.25, -0.2) is 32.7 Å². The molecule has 1 saturated heterocycles. The Hall–Kier alpha value is -4.67. The van der Waals surface area contributed by atoms with Gasteiger partial charge in [0.25, 0.3) is 0 Å². The highest BCUT2D eigenvalue weighted by Crippen LogP contribution is 2.36. The summed E-state index contributed by atoms with van der Waals surface area (Å²) in [5, 5.41) is 18.1. The van der Waals surface area contributed by atoms with Crippen molar-refractivity contribution < 1.29 is 73.5 Å². The number of methoxy groups -OCH3 is 2. The van der Waals surface area contributed by atoms with E-state index in [9.17, 15) is 34.8 Å². The highest BCUT2D eigenvalue weighted by molar-refractivity contribution is 7.89. The Balaban J connectivity index is 0.000000521. The van der Waals surface area contributed by atoms with Crippen molar-refractivity contribution in [2.45, 2.75) is 23.7 Å². The molecule has 1 aliphatic heterocycles. The number of hydrogen-bond acceptors (Lipinski definition) is 12. The molecule has 4 rings (SSSR count). The monoisotopic (exact) mass is 745 g/mol. The number of rotatable bonds is 11. The second-order valence-electron chi connectivity index (χ2n) is 9.70. The molecule has 0 spiro atoms. The number of alkyl halides is 6. The number of aliphatic carboxylic acids is 2. The van der Waals surface area contributed by atoms with Gasteiger partial charge in [0.05, 0.1) is 50.1 Å². The molecule has 1 aromatic heterocycles. The first-order chi connectivity index (χ1) is 23.3. The lowest BCUT2D eigenvalue weighted by Gasteiger charge is -2.26. The summed E-state index contributed by atoms with van der Waals surface area (Å²) < 4.78 is 113. The van der Waals surface area contributed by atoms with Crippen molar-refractivity contribution in [1.82, 2.24) is 19.6 Å². The number of carbonyl (C=O) groups is 2. The van der Waals surface area contributed by atoms with Gasteiger partial charge in [-0.1, -0.05) is 0 Å². The first kappa shape index (κ1) is 41.5. The zero-order valence-corrected chi connectivity index (χ0v) is 27.4. The summed E-state index contributed by atoms with van der Waals surface area (Å²) in [6, 6.07) is 8.17. The fraction of sp³-hybridized carbons (Fsp3) is 0.429. The van der Waals surface area contributed by atoms with Crippen molar-refractivity contribution in [3.05, 3.63) is 36.7 Å². The van der Waals surface area contributed by atoms with Crippen molar-refractivity contribution in [3.8, 4) is 17.2 Å². The van der Waals surface area contributed by atoms with E-state index >= 15 is 0 Å². The van der Waals surface area contributed by atoms with E-state index in [0.29, 0.717) is 46.3 Å². The molecule has 0 amide bonds. The van der Waals surface area contributed by atoms with Crippen LogP contribution < -0.4 is 24.2 Å². The van der Waals surface area contributed by atoms with Gasteiger partial charge in [0.1, 0.15) is 17.9 Å². The molecule has 15 nitrogen and oxygen atoms in total. The van der Waals surface area contributed by atoms with Crippen LogP contribution in [0.4, 0.5) is 37.8 Å². The van der Waals surface area contributed by atoms with Gasteiger partial charge < -0.3 is 34.5 Å². The molecule has 0 aliphatic carbocycles. The number of halogens is 6. The maximum absolute atomic E-state index is 12.3. The van der Waals surface area contributed by atoms with Crippen LogP contribution in [0.1, 0.15) is 6.42 Å². The molecule has 0 unspecified atom stereocenters. The number of anilines is 2. The van der Waals surface area contributed by atoms with E-state index in [2.05, 4.69) is 24.9 Å². The van der Waals surface area contributed by atoms with Gasteiger partial charge in [-0.05, 0) is 37.7 Å². The number of morpholine rings is 1. The van der Waals surface area contributed by atoms with Gasteiger partial charge in [0, 0.05) is 31.1 Å². The van der Waals surface area contributed by atoms with E-state index in [0.717, 1.165) is 39.3 Å². The largest absolute Gasteiger partial charge is 0.495 e. The number of nitrogens with zero attached hydrogens (tertiary/aromatic N) is 3. The van der Waals surface area contributed by atoms with Crippen molar-refractivity contribution in [3.63, 3.8) is 0 Å². The standard InChI is InChI=1S/C24H31N5O6S.2C2HF3O2/c1-25-36(30,31)17-5-6-21(32-2)20(13-17)28-24-18-14-23(22(33-3)15-19(18)26-16-27-24)35-10-4-7-29-8-11-34-12-9-29;2*3-2(4,5)1(6)7/h5-6,13-16,25H,4,7-12H2,1-3H3,(H,26,27,28);2*(H,6,7). The Kier molecular flexibility index (Phi) is 15.2. The number of hydrogen-bond donors (Lipinski definition) is 4. The predicted octanol–water partition coefficient (Wildman–Crippen LogP) is 3.67. The first-order valence-electron chi connectivity index (χ1n) is 14.1. The topological polar surface area (TPSA) is 199 Å². The molecule has 278 valence electrons. The number of nitrogens with one attached hydrogen (secondary N) is 2. The van der Waals surface area contributed by atoms with Gasteiger partial charge in [0.2, 0.25) is 10.0 Å². The third-order valence-electron chi connectivity index (χ3n) is 6.39. The van der Waals surface area contributed by atoms with E-state index in [1.54, 1.807) is 19.2 Å². The molecule has 2 heterocycles. The zero-order chi connectivity index (χ0) is 37.7. The highest BCUT2D eigenvalue weighted by atomic mass is 32.2. The lowest BCUT2D eigenvalue weighted by atomic mass is 10.2. The predicted molar refractivity (Wildman–Crippen MR) is 163 cm³/mol. The summed E-state index contributed by atoms with van der Waals surface area (Å²) in [4.78, 5) is 29.0. The quantitative estimate of drug-likeness (QED) is 0.164. The summed E-state index contributed by atoms with van der Waals surface area (Å²) in [6.07, 6.45) is -7.88. The minimum absolute atomic E-state index is 0.0950. The fourth-order valence-electron chi connectivity index (χ4n) is 3.93. The van der Waals surface area contributed by atoms with E-state index in [1.807, 2.05) is 6.07 Å². The molecule has 4 N–H and O–H groups in total. The van der Waals surface area contributed by atoms with Gasteiger partial charge in [-0.3, -0.25) is 4.90 Å². The normalized spacial score (nSPS) is 13.6. The molecule has 0 bridgehead atoms. The summed E-state index contributed by atoms with van der Waals surface area (Å²) in [6.45, 7) is 4.86. The molecule has 0 radical (unpaired) electrons. The van der Waals surface area contributed by atoms with Crippen molar-refractivity contribution in [2.24, 2.45) is 0 Å². The van der Waals surface area contributed by atoms with Crippen LogP contribution in [0.25, 0.3) is 10.9 Å². The van der Waals surface area contributed by atoms with Crippen molar-refractivity contribution in [2.75, 3.05) is 66.0 Å². The fourth-order valence-corrected chi connectivity index (χ4v) is 4.68. The van der Waals surface area contributed by atoms with Crippen molar-refractivity contribution >= 4 is 44.4 Å². The molecular weight excluding hydrogens is 712 g/mol. The number of fused-ring (bicyclic) bond motifs is 1. The number of carboxylic acids is 2. The smallest absolute Gasteiger partial charge is 0.490 e. The van der Waals surface area contributed by atoms with Gasteiger partial charge >= 0.3 is 24.3 Å². The molecule has 2 aromatic carbocycles. The first-order valence-corrected chi connectivity index (χ1v) is 15.6. The second-order valence-corrected chi connectivity index (χ2v) is 11.6. The SMILES string of the molecule is CNS(=O)(=O)c1ccc(OC)c(Nc2ncnc3cc(OC)c(OCCCN4CCOCC4)cc23)c1.O=C(O)C(F)(F)F.O=C(O)C(F)(F)F. The Morgan fingerprint density at radius 1 is 0.920 bits per heavy atom. The zero-order valence-electron chi connectivity index (χ0n) is 26.6. The molecule has 50 heavy (non-hydrogen) atoms. The number of ether oxygens (including phenoxy) is 4. The lowest BCUT2D eigenvalue weighted by Crippen LogP contribution is -2.37. The van der Waals surface area contributed by atoms with E-state index in [1.165, 1.54) is 32.6 Å². The number of sulfonamides is 1. The van der Waals surface area contributed by atoms with Crippen molar-refractivity contribution in [1.29, 1.82) is 0 Å². The van der Waals surface area contributed by atoms with Crippen LogP contribution >= 0.6 is 0 Å². The molecular formula is C28H33F6N5O10S. The Labute approximate surface area is 281 Å². The van der Waals surface area contributed by atoms with E-state index in [4.69, 9.17) is 38.7 Å². The average molecular weight is 746 g/mol. The van der Waals surface area contributed by atoms with Gasteiger partial charge in [-0.15, -0.1) is 0 Å². The summed E-state index contributed by atoms with van der Waals surface area (Å²) in [5.74, 6) is -3.44. The Bertz CT molecular complexity index is 1680. The molecule has 1 fully saturated rings. The molecule has 0 saturated carbocycles. The Morgan fingerprint density at radius 3 is 2.02 bits per heavy atom. The van der Waals surface area contributed by atoms with E-state index in [-0.39, 0.29) is 4.90 Å². The minimum Gasteiger partial charge on any atom is -0.495 e. The lowest BCUT2D eigenvalue weighted by molar-refractivity contribution is -0.193. The molecule has 0 atom stereocenters. The summed E-state index contributed by atoms with van der Waals surface area (Å²) >= 11 is 0. The summed E-state index contributed by atoms with van der Waals surface area (Å²) in [7, 11) is 0.815. The highest BCUT2D eigenvalue weighted by Gasteiger charge is 2.38. The van der Waals surface area contributed by atoms with Crippen LogP contribution in [0.5, 0.6) is 17.2 Å². The number of benzene rings is 2. The van der Waals surface area contributed by atoms with Crippen LogP contribution in [0.2, 0.25) is 0 Å². The van der Waals surface area contributed by atoms with Crippen LogP contribution in [0.3, 0.4) is 0 Å². The maximum Gasteiger partial charge on any atom is 0.490 e. The molecule has 22 heteroatoms. The third kappa shape index (κ3) is 12.7. The van der Waals surface area contributed by atoms with Crippen LogP contribution in [0.15, 0.2) is 41.6 Å². The molecule has 3 aromatic rings. The summed E-state index contributed by atoms with van der Waals surface area (Å²) in [5.41, 5.74) is 1.08. The van der Waals surface area contributed by atoms with Gasteiger partial charge in [-0.2, -0.15) is 26.3 Å². The van der Waals surface area contributed by atoms with Crippen LogP contribution in [0, 0.1) is 0 Å². The second kappa shape index (κ2) is 18.4. The number of carboxylic acid groups (broad SMARTS) is 2. The average Bonchev–Trinajstić information content (AvgIpc) is 3.06. The van der Waals surface area contributed by atoms with Gasteiger partial charge in [0.15, 0.2) is 11.5 Å². The minimum atomic E-state index is -5.08. The molecule has 1 aliphatic rings.